The number of hydrogen-bond donors (Lipinski definition) is 1. The van der Waals surface area contributed by atoms with Crippen LogP contribution in [0.2, 0.25) is 5.02 Å². The summed E-state index contributed by atoms with van der Waals surface area (Å²) in [6, 6.07) is 16.1. The van der Waals surface area contributed by atoms with Gasteiger partial charge in [0.05, 0.1) is 5.02 Å². The average Bonchev–Trinajstić information content (AvgIpc) is 2.94. The van der Waals surface area contributed by atoms with Gasteiger partial charge in [-0.1, -0.05) is 80.5 Å². The minimum atomic E-state index is 0.160. The van der Waals surface area contributed by atoms with Gasteiger partial charge in [0.15, 0.2) is 5.82 Å². The van der Waals surface area contributed by atoms with Crippen molar-refractivity contribution in [2.75, 3.05) is 5.84 Å². The fourth-order valence-corrected chi connectivity index (χ4v) is 3.48. The Bertz CT molecular complexity index is 866. The topological polar surface area (TPSA) is 56.7 Å². The smallest absolute Gasteiger partial charge is 0.210 e. The molecule has 0 spiro atoms. The predicted molar refractivity (Wildman–Crippen MR) is 105 cm³/mol. The summed E-state index contributed by atoms with van der Waals surface area (Å²) in [6.45, 7) is 6.64. The Labute approximate surface area is 157 Å². The molecule has 0 saturated carbocycles. The quantitative estimate of drug-likeness (QED) is 0.522. The summed E-state index contributed by atoms with van der Waals surface area (Å²) < 4.78 is 1.50. The minimum absolute atomic E-state index is 0.160. The van der Waals surface area contributed by atoms with E-state index in [9.17, 15) is 0 Å². The molecule has 2 aromatic carbocycles. The van der Waals surface area contributed by atoms with Crippen molar-refractivity contribution in [2.45, 2.75) is 37.1 Å². The van der Waals surface area contributed by atoms with Gasteiger partial charge in [0.2, 0.25) is 5.16 Å². The summed E-state index contributed by atoms with van der Waals surface area (Å²) in [7, 11) is 0. The lowest BCUT2D eigenvalue weighted by Crippen LogP contribution is -2.12. The highest BCUT2D eigenvalue weighted by molar-refractivity contribution is 7.98. The molecule has 0 fully saturated rings. The number of nitrogens with two attached hydrogens (primary N) is 1. The van der Waals surface area contributed by atoms with Crippen LogP contribution in [0.5, 0.6) is 0 Å². The van der Waals surface area contributed by atoms with Gasteiger partial charge in [-0.25, -0.2) is 4.68 Å². The summed E-state index contributed by atoms with van der Waals surface area (Å²) in [5, 5.41) is 9.65. The number of nitrogen functional groups attached to an aromatic ring is 1. The van der Waals surface area contributed by atoms with Gasteiger partial charge in [0.25, 0.3) is 0 Å². The average molecular weight is 373 g/mol. The normalized spacial score (nSPS) is 11.7. The van der Waals surface area contributed by atoms with Crippen LogP contribution in [0.15, 0.2) is 53.7 Å². The first-order valence-corrected chi connectivity index (χ1v) is 9.40. The van der Waals surface area contributed by atoms with Crippen LogP contribution in [0.3, 0.4) is 0 Å². The predicted octanol–water partition coefficient (Wildman–Crippen LogP) is 4.90. The lowest BCUT2D eigenvalue weighted by atomic mass is 9.87. The molecular formula is C19H21ClN4S. The highest BCUT2D eigenvalue weighted by Crippen LogP contribution is 2.29. The number of benzene rings is 2. The van der Waals surface area contributed by atoms with E-state index in [0.29, 0.717) is 16.0 Å². The van der Waals surface area contributed by atoms with Crippen LogP contribution < -0.4 is 5.84 Å². The Morgan fingerprint density at radius 1 is 1.04 bits per heavy atom. The number of hydrogen-bond acceptors (Lipinski definition) is 4. The van der Waals surface area contributed by atoms with Gasteiger partial charge in [-0.15, -0.1) is 10.2 Å². The van der Waals surface area contributed by atoms with Gasteiger partial charge in [-0.3, -0.25) is 0 Å². The molecule has 0 aliphatic carbocycles. The Balaban J connectivity index is 1.74. The van der Waals surface area contributed by atoms with Crippen molar-refractivity contribution in [3.63, 3.8) is 0 Å². The van der Waals surface area contributed by atoms with Crippen LogP contribution in [0, 0.1) is 0 Å². The third kappa shape index (κ3) is 3.99. The van der Waals surface area contributed by atoms with Crippen LogP contribution in [0.1, 0.15) is 31.9 Å². The number of aromatic nitrogens is 3. The van der Waals surface area contributed by atoms with Crippen LogP contribution in [-0.4, -0.2) is 14.9 Å². The lowest BCUT2D eigenvalue weighted by Gasteiger charge is -2.19. The van der Waals surface area contributed by atoms with Gasteiger partial charge >= 0.3 is 0 Å². The zero-order valence-corrected chi connectivity index (χ0v) is 16.1. The van der Waals surface area contributed by atoms with Crippen LogP contribution in [0.4, 0.5) is 0 Å². The van der Waals surface area contributed by atoms with Crippen molar-refractivity contribution < 1.29 is 0 Å². The molecule has 0 amide bonds. The lowest BCUT2D eigenvalue weighted by molar-refractivity contribution is 0.590. The van der Waals surface area contributed by atoms with E-state index in [1.165, 1.54) is 15.8 Å². The molecule has 0 unspecified atom stereocenters. The first kappa shape index (κ1) is 17.8. The van der Waals surface area contributed by atoms with Gasteiger partial charge in [-0.2, -0.15) is 0 Å². The third-order valence-electron chi connectivity index (χ3n) is 3.97. The van der Waals surface area contributed by atoms with Crippen molar-refractivity contribution in [1.82, 2.24) is 14.9 Å². The highest BCUT2D eigenvalue weighted by atomic mass is 35.5. The van der Waals surface area contributed by atoms with Crippen LogP contribution in [0.25, 0.3) is 11.4 Å². The van der Waals surface area contributed by atoms with Crippen molar-refractivity contribution in [2.24, 2.45) is 0 Å². The fraction of sp³-hybridized carbons (Fsp3) is 0.263. The molecule has 130 valence electrons. The fourth-order valence-electron chi connectivity index (χ4n) is 2.45. The SMILES string of the molecule is CC(C)(C)c1ccc(CSc2nnc(-c3ccccc3Cl)n2N)cc1. The second-order valence-corrected chi connectivity index (χ2v) is 8.24. The van der Waals surface area contributed by atoms with Gasteiger partial charge < -0.3 is 5.84 Å². The molecule has 3 aromatic rings. The molecule has 0 bridgehead atoms. The van der Waals surface area contributed by atoms with Gasteiger partial charge in [-0.05, 0) is 28.7 Å². The molecular weight excluding hydrogens is 352 g/mol. The van der Waals surface area contributed by atoms with Crippen molar-refractivity contribution in [1.29, 1.82) is 0 Å². The van der Waals surface area contributed by atoms with E-state index in [-0.39, 0.29) is 5.41 Å². The molecule has 1 heterocycles. The molecule has 0 aliphatic heterocycles. The van der Waals surface area contributed by atoms with E-state index < -0.39 is 0 Å². The van der Waals surface area contributed by atoms with Crippen LogP contribution in [-0.2, 0) is 11.2 Å². The highest BCUT2D eigenvalue weighted by Gasteiger charge is 2.15. The van der Waals surface area contributed by atoms with Crippen molar-refractivity contribution in [3.8, 4) is 11.4 Å². The van der Waals surface area contributed by atoms with E-state index in [1.807, 2.05) is 24.3 Å². The number of halogens is 1. The monoisotopic (exact) mass is 372 g/mol. The van der Waals surface area contributed by atoms with Gasteiger partial charge in [0.1, 0.15) is 0 Å². The van der Waals surface area contributed by atoms with E-state index in [0.717, 1.165) is 11.3 Å². The minimum Gasteiger partial charge on any atom is -0.335 e. The summed E-state index contributed by atoms with van der Waals surface area (Å²) >= 11 is 7.78. The van der Waals surface area contributed by atoms with E-state index >= 15 is 0 Å². The largest absolute Gasteiger partial charge is 0.335 e. The first-order valence-electron chi connectivity index (χ1n) is 8.04. The Morgan fingerprint density at radius 2 is 1.72 bits per heavy atom. The molecule has 0 atom stereocenters. The molecule has 1 aromatic heterocycles. The maximum atomic E-state index is 6.22. The van der Waals surface area contributed by atoms with Crippen LogP contribution >= 0.6 is 23.4 Å². The Morgan fingerprint density at radius 3 is 2.36 bits per heavy atom. The molecule has 4 nitrogen and oxygen atoms in total. The van der Waals surface area contributed by atoms with E-state index in [2.05, 4.69) is 55.2 Å². The first-order chi connectivity index (χ1) is 11.9. The van der Waals surface area contributed by atoms with Crippen molar-refractivity contribution >= 4 is 23.4 Å². The summed E-state index contributed by atoms with van der Waals surface area (Å²) in [5.74, 6) is 7.51. The standard InChI is InChI=1S/C19H21ClN4S/c1-19(2,3)14-10-8-13(9-11-14)12-25-18-23-22-17(24(18)21)15-6-4-5-7-16(15)20/h4-11H,12,21H2,1-3H3. The van der Waals surface area contributed by atoms with E-state index in [1.54, 1.807) is 11.8 Å². The zero-order chi connectivity index (χ0) is 18.0. The second-order valence-electron chi connectivity index (χ2n) is 6.89. The van der Waals surface area contributed by atoms with E-state index in [4.69, 9.17) is 17.4 Å². The molecule has 3 rings (SSSR count). The zero-order valence-electron chi connectivity index (χ0n) is 14.5. The molecule has 2 N–H and O–H groups in total. The second kappa shape index (κ2) is 7.10. The molecule has 0 radical (unpaired) electrons. The maximum absolute atomic E-state index is 6.22. The Kier molecular flexibility index (Phi) is 5.06. The Hall–Kier alpha value is -1.98. The molecule has 0 saturated heterocycles. The molecule has 0 aliphatic rings. The maximum Gasteiger partial charge on any atom is 0.210 e. The summed E-state index contributed by atoms with van der Waals surface area (Å²) in [6.07, 6.45) is 0. The molecule has 6 heteroatoms. The number of nitrogens with zero attached hydrogens (tertiary/aromatic N) is 3. The number of rotatable bonds is 4. The summed E-state index contributed by atoms with van der Waals surface area (Å²) in [4.78, 5) is 0. The number of thioether (sulfide) groups is 1. The third-order valence-corrected chi connectivity index (χ3v) is 5.31. The van der Waals surface area contributed by atoms with Crippen molar-refractivity contribution in [3.05, 3.63) is 64.7 Å². The van der Waals surface area contributed by atoms with Gasteiger partial charge in [0, 0.05) is 11.3 Å². The molecule has 25 heavy (non-hydrogen) atoms. The summed E-state index contributed by atoms with van der Waals surface area (Å²) in [5.41, 5.74) is 3.48.